The van der Waals surface area contributed by atoms with E-state index in [1.807, 2.05) is 60.7 Å². The van der Waals surface area contributed by atoms with Gasteiger partial charge in [0, 0.05) is 5.56 Å². The molecule has 4 aromatic rings. The molecule has 0 aliphatic carbocycles. The minimum atomic E-state index is -4.76. The Morgan fingerprint density at radius 2 is 1.46 bits per heavy atom. The maximum Gasteiger partial charge on any atom is 0.398 e. The Hall–Kier alpha value is -3.56. The standard InChI is InChI=1S/C27H25NO6S/c29-18-25(16-19-6-2-1-3-7-19)28-27(30)22-13-11-21(12-14-22)26(34-35(31,32)33)24-15-10-20-8-4-5-9-23(20)17-24/h1-15,17,25-26,29H,16,18H2,(H,28,30)(H,31,32,33)/t25-,26?/m0/s1. The summed E-state index contributed by atoms with van der Waals surface area (Å²) in [6.45, 7) is -0.217. The molecule has 0 heterocycles. The molecule has 0 saturated heterocycles. The van der Waals surface area contributed by atoms with Crippen LogP contribution in [0.5, 0.6) is 0 Å². The summed E-state index contributed by atoms with van der Waals surface area (Å²) in [5, 5.41) is 14.4. The third-order valence-corrected chi connectivity index (χ3v) is 6.09. The molecule has 4 aromatic carbocycles. The van der Waals surface area contributed by atoms with Gasteiger partial charge in [0.15, 0.2) is 0 Å². The summed E-state index contributed by atoms with van der Waals surface area (Å²) >= 11 is 0. The molecule has 35 heavy (non-hydrogen) atoms. The van der Waals surface area contributed by atoms with Crippen molar-refractivity contribution in [3.8, 4) is 0 Å². The monoisotopic (exact) mass is 491 g/mol. The quantitative estimate of drug-likeness (QED) is 0.304. The highest BCUT2D eigenvalue weighted by atomic mass is 32.3. The molecule has 0 aliphatic heterocycles. The van der Waals surface area contributed by atoms with Gasteiger partial charge in [0.1, 0.15) is 6.10 Å². The van der Waals surface area contributed by atoms with E-state index in [0.29, 0.717) is 23.1 Å². The molecular weight excluding hydrogens is 466 g/mol. The zero-order valence-corrected chi connectivity index (χ0v) is 19.6. The van der Waals surface area contributed by atoms with E-state index < -0.39 is 22.5 Å². The molecular formula is C27H25NO6S. The maximum atomic E-state index is 12.7. The van der Waals surface area contributed by atoms with E-state index in [-0.39, 0.29) is 12.5 Å². The van der Waals surface area contributed by atoms with Crippen molar-refractivity contribution in [2.75, 3.05) is 6.61 Å². The van der Waals surface area contributed by atoms with Crippen LogP contribution < -0.4 is 5.32 Å². The SMILES string of the molecule is O=C(N[C@H](CO)Cc1ccccc1)c1ccc(C(OS(=O)(=O)O)c2ccc3ccccc3c2)cc1. The molecule has 8 heteroatoms. The van der Waals surface area contributed by atoms with Crippen molar-refractivity contribution >= 4 is 27.1 Å². The van der Waals surface area contributed by atoms with Crippen molar-refractivity contribution in [2.45, 2.75) is 18.6 Å². The van der Waals surface area contributed by atoms with Gasteiger partial charge >= 0.3 is 10.4 Å². The van der Waals surface area contributed by atoms with Crippen LogP contribution in [0.2, 0.25) is 0 Å². The van der Waals surface area contributed by atoms with E-state index in [0.717, 1.165) is 16.3 Å². The number of fused-ring (bicyclic) bond motifs is 1. The summed E-state index contributed by atoms with van der Waals surface area (Å²) < 4.78 is 37.5. The Kier molecular flexibility index (Phi) is 7.57. The number of aliphatic hydroxyl groups is 1. The lowest BCUT2D eigenvalue weighted by atomic mass is 9.97. The van der Waals surface area contributed by atoms with Crippen LogP contribution >= 0.6 is 0 Å². The van der Waals surface area contributed by atoms with Crippen LogP contribution in [0.1, 0.15) is 33.2 Å². The van der Waals surface area contributed by atoms with E-state index >= 15 is 0 Å². The average molecular weight is 492 g/mol. The van der Waals surface area contributed by atoms with Gasteiger partial charge in [0.2, 0.25) is 0 Å². The van der Waals surface area contributed by atoms with Crippen LogP contribution in [0.25, 0.3) is 10.8 Å². The van der Waals surface area contributed by atoms with E-state index in [1.54, 1.807) is 36.4 Å². The lowest BCUT2D eigenvalue weighted by Gasteiger charge is -2.19. The second-order valence-corrected chi connectivity index (χ2v) is 9.22. The van der Waals surface area contributed by atoms with E-state index in [4.69, 9.17) is 4.18 Å². The fourth-order valence-electron chi connectivity index (χ4n) is 3.93. The number of benzene rings is 4. The van der Waals surface area contributed by atoms with Crippen molar-refractivity contribution < 1.29 is 27.1 Å². The largest absolute Gasteiger partial charge is 0.398 e. The molecule has 0 radical (unpaired) electrons. The molecule has 0 aromatic heterocycles. The molecule has 2 atom stereocenters. The molecule has 1 amide bonds. The van der Waals surface area contributed by atoms with Gasteiger partial charge < -0.3 is 10.4 Å². The van der Waals surface area contributed by atoms with Gasteiger partial charge in [-0.1, -0.05) is 78.9 Å². The molecule has 0 fully saturated rings. The molecule has 0 saturated carbocycles. The third kappa shape index (κ3) is 6.52. The summed E-state index contributed by atoms with van der Waals surface area (Å²) in [5.41, 5.74) is 2.30. The van der Waals surface area contributed by atoms with Crippen LogP contribution in [0.15, 0.2) is 97.1 Å². The van der Waals surface area contributed by atoms with Gasteiger partial charge in [-0.15, -0.1) is 0 Å². The Labute approximate surface area is 204 Å². The van der Waals surface area contributed by atoms with Gasteiger partial charge in [-0.3, -0.25) is 9.35 Å². The van der Waals surface area contributed by atoms with Crippen molar-refractivity contribution in [2.24, 2.45) is 0 Å². The predicted molar refractivity (Wildman–Crippen MR) is 133 cm³/mol. The van der Waals surface area contributed by atoms with E-state index in [9.17, 15) is 22.9 Å². The lowest BCUT2D eigenvalue weighted by Crippen LogP contribution is -2.39. The summed E-state index contributed by atoms with van der Waals surface area (Å²) in [7, 11) is -4.76. The highest BCUT2D eigenvalue weighted by molar-refractivity contribution is 7.80. The van der Waals surface area contributed by atoms with E-state index in [2.05, 4.69) is 5.32 Å². The number of aliphatic hydroxyl groups excluding tert-OH is 1. The smallest absolute Gasteiger partial charge is 0.394 e. The minimum absolute atomic E-state index is 0.217. The van der Waals surface area contributed by atoms with Crippen LogP contribution in [-0.2, 0) is 21.0 Å². The van der Waals surface area contributed by atoms with Gasteiger partial charge in [0.05, 0.1) is 12.6 Å². The first-order valence-corrected chi connectivity index (χ1v) is 12.4. The van der Waals surface area contributed by atoms with Crippen molar-refractivity contribution in [1.29, 1.82) is 0 Å². The van der Waals surface area contributed by atoms with E-state index in [1.165, 1.54) is 0 Å². The predicted octanol–water partition coefficient (Wildman–Crippen LogP) is 4.08. The van der Waals surface area contributed by atoms with Gasteiger partial charge in [-0.2, -0.15) is 8.42 Å². The number of carbonyl (C=O) groups excluding carboxylic acids is 1. The second-order valence-electron chi connectivity index (χ2n) is 8.18. The van der Waals surface area contributed by atoms with Crippen LogP contribution in [0.4, 0.5) is 0 Å². The summed E-state index contributed by atoms with van der Waals surface area (Å²) in [6.07, 6.45) is -0.622. The first-order valence-electron chi connectivity index (χ1n) is 11.0. The number of rotatable bonds is 9. The molecule has 0 spiro atoms. The first-order chi connectivity index (χ1) is 16.8. The number of hydrogen-bond acceptors (Lipinski definition) is 5. The second kappa shape index (κ2) is 10.8. The highest BCUT2D eigenvalue weighted by Crippen LogP contribution is 2.30. The number of carbonyl (C=O) groups is 1. The fourth-order valence-corrected chi connectivity index (χ4v) is 4.40. The number of nitrogens with one attached hydrogen (secondary N) is 1. The summed E-state index contributed by atoms with van der Waals surface area (Å²) in [6, 6.07) is 28.3. The molecule has 7 nitrogen and oxygen atoms in total. The molecule has 180 valence electrons. The average Bonchev–Trinajstić information content (AvgIpc) is 2.87. The van der Waals surface area contributed by atoms with Crippen LogP contribution in [0, 0.1) is 0 Å². The minimum Gasteiger partial charge on any atom is -0.394 e. The highest BCUT2D eigenvalue weighted by Gasteiger charge is 2.22. The Balaban J connectivity index is 1.55. The lowest BCUT2D eigenvalue weighted by molar-refractivity contribution is 0.0916. The molecule has 4 rings (SSSR count). The Morgan fingerprint density at radius 3 is 2.11 bits per heavy atom. The molecule has 1 unspecified atom stereocenters. The number of hydrogen-bond donors (Lipinski definition) is 3. The molecule has 0 aliphatic rings. The Bertz CT molecular complexity index is 1400. The van der Waals surface area contributed by atoms with Crippen molar-refractivity contribution in [3.05, 3.63) is 119 Å². The zero-order chi connectivity index (χ0) is 24.8. The summed E-state index contributed by atoms with van der Waals surface area (Å²) in [5.74, 6) is -0.371. The summed E-state index contributed by atoms with van der Waals surface area (Å²) in [4.78, 5) is 12.7. The first kappa shape index (κ1) is 24.6. The third-order valence-electron chi connectivity index (χ3n) is 5.65. The van der Waals surface area contributed by atoms with Crippen LogP contribution in [0.3, 0.4) is 0 Å². The molecule has 3 N–H and O–H groups in total. The Morgan fingerprint density at radius 1 is 0.829 bits per heavy atom. The van der Waals surface area contributed by atoms with Crippen molar-refractivity contribution in [3.63, 3.8) is 0 Å². The van der Waals surface area contributed by atoms with Gasteiger partial charge in [0.25, 0.3) is 5.91 Å². The maximum absolute atomic E-state index is 12.7. The zero-order valence-electron chi connectivity index (χ0n) is 18.7. The van der Waals surface area contributed by atoms with Crippen LogP contribution in [-0.4, -0.2) is 36.6 Å². The number of amides is 1. The van der Waals surface area contributed by atoms with Gasteiger partial charge in [-0.25, -0.2) is 4.18 Å². The topological polar surface area (TPSA) is 113 Å². The normalized spacial score (nSPS) is 13.3. The fraction of sp³-hybridized carbons (Fsp3) is 0.148. The van der Waals surface area contributed by atoms with Crippen molar-refractivity contribution in [1.82, 2.24) is 5.32 Å². The van der Waals surface area contributed by atoms with Gasteiger partial charge in [-0.05, 0) is 52.1 Å². The molecule has 0 bridgehead atoms.